The minimum atomic E-state index is -0.376. The number of hydrogen-bond acceptors (Lipinski definition) is 3. The van der Waals surface area contributed by atoms with Gasteiger partial charge in [0.25, 0.3) is 0 Å². The van der Waals surface area contributed by atoms with Gasteiger partial charge in [-0.1, -0.05) is 12.1 Å². The van der Waals surface area contributed by atoms with Gasteiger partial charge in [0, 0.05) is 12.1 Å². The number of carbonyl (C=O) groups is 1. The molecule has 0 spiro atoms. The number of hydrogen-bond donors (Lipinski definition) is 1. The van der Waals surface area contributed by atoms with E-state index >= 15 is 0 Å². The molecule has 0 aromatic heterocycles. The average Bonchev–Trinajstić information content (AvgIpc) is 2.18. The highest BCUT2D eigenvalue weighted by atomic mass is 19.1. The largest absolute Gasteiger partial charge is 0.466 e. The fourth-order valence-corrected chi connectivity index (χ4v) is 1.25. The molecular formula is C11H14FNO2. The lowest BCUT2D eigenvalue weighted by atomic mass is 10.1. The molecule has 0 heterocycles. The van der Waals surface area contributed by atoms with E-state index in [0.717, 1.165) is 0 Å². The standard InChI is InChI=1S/C11H14FNO2/c1-2-15-11(14)6-8-3-4-9(7-13)10(12)5-8/h3-5H,2,6-7,13H2,1H3. The number of nitrogens with two attached hydrogens (primary N) is 1. The molecule has 0 saturated carbocycles. The Kier molecular flexibility index (Phi) is 4.24. The van der Waals surface area contributed by atoms with Crippen LogP contribution in [0.3, 0.4) is 0 Å². The van der Waals surface area contributed by atoms with Crippen molar-refractivity contribution < 1.29 is 13.9 Å². The molecule has 0 atom stereocenters. The van der Waals surface area contributed by atoms with Gasteiger partial charge in [0.15, 0.2) is 0 Å². The number of carbonyl (C=O) groups excluding carboxylic acids is 1. The molecule has 0 aliphatic heterocycles. The molecule has 0 amide bonds. The summed E-state index contributed by atoms with van der Waals surface area (Å²) in [6.45, 7) is 2.23. The zero-order chi connectivity index (χ0) is 11.3. The van der Waals surface area contributed by atoms with Gasteiger partial charge in [-0.3, -0.25) is 4.79 Å². The maximum atomic E-state index is 13.3. The first-order chi connectivity index (χ1) is 7.17. The van der Waals surface area contributed by atoms with Crippen LogP contribution < -0.4 is 5.73 Å². The van der Waals surface area contributed by atoms with Gasteiger partial charge in [0.1, 0.15) is 5.82 Å². The van der Waals surface area contributed by atoms with Crippen molar-refractivity contribution in [3.05, 3.63) is 35.1 Å². The summed E-state index contributed by atoms with van der Waals surface area (Å²) in [5, 5.41) is 0. The predicted molar refractivity (Wildman–Crippen MR) is 54.6 cm³/mol. The number of esters is 1. The Balaban J connectivity index is 2.71. The van der Waals surface area contributed by atoms with Gasteiger partial charge in [-0.05, 0) is 18.6 Å². The highest BCUT2D eigenvalue weighted by molar-refractivity contribution is 5.72. The van der Waals surface area contributed by atoms with E-state index in [1.54, 1.807) is 19.1 Å². The number of ether oxygens (including phenoxy) is 1. The molecule has 1 aromatic rings. The lowest BCUT2D eigenvalue weighted by Crippen LogP contribution is -2.08. The quantitative estimate of drug-likeness (QED) is 0.766. The van der Waals surface area contributed by atoms with Crippen molar-refractivity contribution in [2.45, 2.75) is 19.9 Å². The third-order valence-corrected chi connectivity index (χ3v) is 1.99. The summed E-state index contributed by atoms with van der Waals surface area (Å²) < 4.78 is 18.0. The highest BCUT2D eigenvalue weighted by Crippen LogP contribution is 2.10. The summed E-state index contributed by atoms with van der Waals surface area (Å²) in [7, 11) is 0. The number of halogens is 1. The average molecular weight is 211 g/mol. The minimum Gasteiger partial charge on any atom is -0.466 e. The van der Waals surface area contributed by atoms with Gasteiger partial charge < -0.3 is 10.5 Å². The maximum Gasteiger partial charge on any atom is 0.310 e. The first-order valence-electron chi connectivity index (χ1n) is 4.80. The van der Waals surface area contributed by atoms with Crippen LogP contribution in [0.4, 0.5) is 4.39 Å². The van der Waals surface area contributed by atoms with E-state index < -0.39 is 0 Å². The van der Waals surface area contributed by atoms with Crippen LogP contribution >= 0.6 is 0 Å². The molecule has 15 heavy (non-hydrogen) atoms. The maximum absolute atomic E-state index is 13.3. The summed E-state index contributed by atoms with van der Waals surface area (Å²) in [6, 6.07) is 4.59. The van der Waals surface area contributed by atoms with Crippen molar-refractivity contribution >= 4 is 5.97 Å². The summed E-state index contributed by atoms with van der Waals surface area (Å²) in [6.07, 6.45) is 0.0929. The fourth-order valence-electron chi connectivity index (χ4n) is 1.25. The first-order valence-corrected chi connectivity index (χ1v) is 4.80. The molecule has 0 fully saturated rings. The summed E-state index contributed by atoms with van der Waals surface area (Å²) >= 11 is 0. The van der Waals surface area contributed by atoms with E-state index in [4.69, 9.17) is 10.5 Å². The highest BCUT2D eigenvalue weighted by Gasteiger charge is 2.06. The number of rotatable bonds is 4. The molecule has 1 aromatic carbocycles. The van der Waals surface area contributed by atoms with Crippen LogP contribution in [0.2, 0.25) is 0 Å². The molecule has 0 aliphatic carbocycles. The molecule has 3 nitrogen and oxygen atoms in total. The first kappa shape index (κ1) is 11.7. The van der Waals surface area contributed by atoms with Gasteiger partial charge in [-0.25, -0.2) is 4.39 Å². The van der Waals surface area contributed by atoms with Crippen molar-refractivity contribution in [3.63, 3.8) is 0 Å². The second-order valence-corrected chi connectivity index (χ2v) is 3.11. The van der Waals surface area contributed by atoms with Crippen LogP contribution in [-0.2, 0) is 22.5 Å². The monoisotopic (exact) mass is 211 g/mol. The Morgan fingerprint density at radius 3 is 2.80 bits per heavy atom. The van der Waals surface area contributed by atoms with Gasteiger partial charge in [0.2, 0.25) is 0 Å². The van der Waals surface area contributed by atoms with E-state index in [0.29, 0.717) is 17.7 Å². The SMILES string of the molecule is CCOC(=O)Cc1ccc(CN)c(F)c1. The van der Waals surface area contributed by atoms with E-state index in [1.807, 2.05) is 0 Å². The van der Waals surface area contributed by atoms with Gasteiger partial charge in [-0.15, -0.1) is 0 Å². The second kappa shape index (κ2) is 5.46. The van der Waals surface area contributed by atoms with Crippen LogP contribution in [0, 0.1) is 5.82 Å². The van der Waals surface area contributed by atoms with E-state index in [1.165, 1.54) is 6.07 Å². The van der Waals surface area contributed by atoms with Crippen molar-refractivity contribution in [1.29, 1.82) is 0 Å². The minimum absolute atomic E-state index is 0.0929. The smallest absolute Gasteiger partial charge is 0.310 e. The molecule has 4 heteroatoms. The Morgan fingerprint density at radius 1 is 1.53 bits per heavy atom. The van der Waals surface area contributed by atoms with Crippen LogP contribution in [0.1, 0.15) is 18.1 Å². The van der Waals surface area contributed by atoms with Crippen molar-refractivity contribution in [2.24, 2.45) is 5.73 Å². The zero-order valence-electron chi connectivity index (χ0n) is 8.63. The summed E-state index contributed by atoms with van der Waals surface area (Å²) in [5.41, 5.74) is 6.37. The zero-order valence-corrected chi connectivity index (χ0v) is 8.63. The lowest BCUT2D eigenvalue weighted by Gasteiger charge is -2.04. The molecular weight excluding hydrogens is 197 g/mol. The van der Waals surface area contributed by atoms with E-state index in [9.17, 15) is 9.18 Å². The molecule has 0 unspecified atom stereocenters. The van der Waals surface area contributed by atoms with Crippen molar-refractivity contribution in [1.82, 2.24) is 0 Å². The normalized spacial score (nSPS) is 10.1. The molecule has 0 bridgehead atoms. The van der Waals surface area contributed by atoms with Gasteiger partial charge in [-0.2, -0.15) is 0 Å². The van der Waals surface area contributed by atoms with Gasteiger partial charge in [0.05, 0.1) is 13.0 Å². The van der Waals surface area contributed by atoms with Crippen LogP contribution in [0.5, 0.6) is 0 Å². The van der Waals surface area contributed by atoms with Crippen LogP contribution in [0.25, 0.3) is 0 Å². The summed E-state index contributed by atoms with van der Waals surface area (Å²) in [4.78, 5) is 11.1. The van der Waals surface area contributed by atoms with Crippen molar-refractivity contribution in [2.75, 3.05) is 6.61 Å². The predicted octanol–water partition coefficient (Wildman–Crippen LogP) is 1.39. The summed E-state index contributed by atoms with van der Waals surface area (Å²) in [5.74, 6) is -0.725. The van der Waals surface area contributed by atoms with E-state index in [-0.39, 0.29) is 24.8 Å². The third-order valence-electron chi connectivity index (χ3n) is 1.99. The Bertz CT molecular complexity index is 352. The molecule has 82 valence electrons. The molecule has 0 radical (unpaired) electrons. The Labute approximate surface area is 88.0 Å². The molecule has 0 saturated heterocycles. The lowest BCUT2D eigenvalue weighted by molar-refractivity contribution is -0.142. The molecule has 1 rings (SSSR count). The fraction of sp³-hybridized carbons (Fsp3) is 0.364. The molecule has 2 N–H and O–H groups in total. The Morgan fingerprint density at radius 2 is 2.27 bits per heavy atom. The van der Waals surface area contributed by atoms with E-state index in [2.05, 4.69) is 0 Å². The van der Waals surface area contributed by atoms with Crippen LogP contribution in [-0.4, -0.2) is 12.6 Å². The topological polar surface area (TPSA) is 52.3 Å². The number of benzene rings is 1. The third kappa shape index (κ3) is 3.32. The van der Waals surface area contributed by atoms with Crippen molar-refractivity contribution in [3.8, 4) is 0 Å². The molecule has 0 aliphatic rings. The van der Waals surface area contributed by atoms with Gasteiger partial charge >= 0.3 is 5.97 Å². The second-order valence-electron chi connectivity index (χ2n) is 3.11. The van der Waals surface area contributed by atoms with Crippen LogP contribution in [0.15, 0.2) is 18.2 Å². The Hall–Kier alpha value is -1.42.